The topological polar surface area (TPSA) is 49.3 Å². The fraction of sp³-hybridized carbons (Fsp3) is 0.700. The number of carboxylic acid groups (broad SMARTS) is 1. The number of carboxylic acids is 1. The molecule has 0 unspecified atom stereocenters. The molecule has 0 rings (SSSR count). The average Bonchev–Trinajstić information content (AvgIpc) is 2.05. The quantitative estimate of drug-likeness (QED) is 0.494. The van der Waals surface area contributed by atoms with E-state index in [0.29, 0.717) is 0 Å². The maximum Gasteiger partial charge on any atom is 0.317 e. The van der Waals surface area contributed by atoms with E-state index in [1.54, 1.807) is 6.08 Å². The van der Waals surface area contributed by atoms with Crippen molar-refractivity contribution < 1.29 is 9.90 Å². The van der Waals surface area contributed by atoms with Gasteiger partial charge in [0.15, 0.2) is 0 Å². The first-order valence-electron chi connectivity index (χ1n) is 4.68. The Labute approximate surface area is 80.8 Å². The van der Waals surface area contributed by atoms with Crippen LogP contribution in [0.4, 0.5) is 0 Å². The van der Waals surface area contributed by atoms with E-state index in [1.165, 1.54) is 12.8 Å². The Morgan fingerprint density at radius 3 is 2.46 bits per heavy atom. The lowest BCUT2D eigenvalue weighted by Crippen LogP contribution is -2.23. The predicted octanol–water partition coefficient (Wildman–Crippen LogP) is 2.04. The first kappa shape index (κ1) is 14.7. The minimum absolute atomic E-state index is 0.0870. The first-order valence-corrected chi connectivity index (χ1v) is 4.68. The monoisotopic (exact) mass is 187 g/mol. The van der Waals surface area contributed by atoms with Gasteiger partial charge in [-0.3, -0.25) is 4.79 Å². The molecule has 0 bridgehead atoms. The summed E-state index contributed by atoms with van der Waals surface area (Å²) < 4.78 is 0. The van der Waals surface area contributed by atoms with Crippen molar-refractivity contribution in [3.63, 3.8) is 0 Å². The third kappa shape index (κ3) is 24.7. The first-order chi connectivity index (χ1) is 6.18. The summed E-state index contributed by atoms with van der Waals surface area (Å²) in [6.45, 7) is 8.28. The number of allylic oxidation sites excluding steroid dienone is 1. The van der Waals surface area contributed by atoms with Crippen LogP contribution in [0.5, 0.6) is 0 Å². The summed E-state index contributed by atoms with van der Waals surface area (Å²) >= 11 is 0. The number of hydrogen-bond acceptors (Lipinski definition) is 2. The molecule has 3 nitrogen and oxygen atoms in total. The summed E-state index contributed by atoms with van der Waals surface area (Å²) in [6, 6.07) is 0. The Morgan fingerprint density at radius 2 is 2.08 bits per heavy atom. The van der Waals surface area contributed by atoms with E-state index in [2.05, 4.69) is 18.8 Å². The predicted molar refractivity (Wildman–Crippen MR) is 55.9 cm³/mol. The molecule has 0 heterocycles. The lowest BCUT2D eigenvalue weighted by Gasteiger charge is -1.98. The van der Waals surface area contributed by atoms with Crippen LogP contribution >= 0.6 is 0 Å². The molecule has 0 aliphatic rings. The molecule has 0 fully saturated rings. The summed E-state index contributed by atoms with van der Waals surface area (Å²) in [6.07, 6.45) is 5.17. The Hall–Kier alpha value is -0.830. The fourth-order valence-electron chi connectivity index (χ4n) is 0.695. The van der Waals surface area contributed by atoms with Gasteiger partial charge < -0.3 is 10.4 Å². The van der Waals surface area contributed by atoms with Crippen molar-refractivity contribution in [3.8, 4) is 0 Å². The minimum Gasteiger partial charge on any atom is -0.480 e. The van der Waals surface area contributed by atoms with Gasteiger partial charge in [-0.15, -0.1) is 6.58 Å². The zero-order valence-corrected chi connectivity index (χ0v) is 8.68. The Bertz CT molecular complexity index is 124. The molecule has 0 radical (unpaired) electrons. The highest BCUT2D eigenvalue weighted by Crippen LogP contribution is 1.90. The lowest BCUT2D eigenvalue weighted by molar-refractivity contribution is -0.135. The third-order valence-corrected chi connectivity index (χ3v) is 1.23. The molecule has 0 aromatic carbocycles. The summed E-state index contributed by atoms with van der Waals surface area (Å²) in [5.74, 6) is -0.781. The van der Waals surface area contributed by atoms with Crippen molar-refractivity contribution in [2.45, 2.75) is 33.1 Å². The molecular weight excluding hydrogens is 166 g/mol. The van der Waals surface area contributed by atoms with Gasteiger partial charge in [0, 0.05) is 0 Å². The zero-order chi connectivity index (χ0) is 10.5. The summed E-state index contributed by atoms with van der Waals surface area (Å²) in [4.78, 5) is 9.97. The summed E-state index contributed by atoms with van der Waals surface area (Å²) in [5.41, 5.74) is 0. The van der Waals surface area contributed by atoms with Gasteiger partial charge in [0.2, 0.25) is 0 Å². The lowest BCUT2D eigenvalue weighted by atomic mass is 10.2. The molecule has 0 aromatic rings. The molecule has 0 aliphatic heterocycles. The molecule has 0 saturated heterocycles. The van der Waals surface area contributed by atoms with Gasteiger partial charge in [-0.1, -0.05) is 25.8 Å². The number of rotatable bonds is 6. The zero-order valence-electron chi connectivity index (χ0n) is 8.68. The van der Waals surface area contributed by atoms with Crippen LogP contribution in [0.1, 0.15) is 33.1 Å². The van der Waals surface area contributed by atoms with Gasteiger partial charge in [-0.05, 0) is 19.9 Å². The SMILES string of the molecule is C=CC.CCCCCNCC(=O)O. The van der Waals surface area contributed by atoms with Crippen molar-refractivity contribution in [3.05, 3.63) is 12.7 Å². The highest BCUT2D eigenvalue weighted by atomic mass is 16.4. The number of aliphatic carboxylic acids is 1. The van der Waals surface area contributed by atoms with Crippen molar-refractivity contribution in [1.29, 1.82) is 0 Å². The molecule has 0 atom stereocenters. The molecule has 13 heavy (non-hydrogen) atoms. The molecule has 0 amide bonds. The second-order valence-corrected chi connectivity index (χ2v) is 2.69. The van der Waals surface area contributed by atoms with Crippen LogP contribution in [0, 0.1) is 0 Å². The molecule has 3 heteroatoms. The molecule has 0 aliphatic carbocycles. The Balaban J connectivity index is 0. The van der Waals surface area contributed by atoms with Crippen molar-refractivity contribution in [2.75, 3.05) is 13.1 Å². The van der Waals surface area contributed by atoms with Gasteiger partial charge in [0.25, 0.3) is 0 Å². The van der Waals surface area contributed by atoms with Crippen molar-refractivity contribution in [1.82, 2.24) is 5.32 Å². The van der Waals surface area contributed by atoms with Gasteiger partial charge >= 0.3 is 5.97 Å². The number of carbonyl (C=O) groups is 1. The normalized spacial score (nSPS) is 8.46. The van der Waals surface area contributed by atoms with Gasteiger partial charge in [-0.2, -0.15) is 0 Å². The highest BCUT2D eigenvalue weighted by molar-refractivity contribution is 5.68. The van der Waals surface area contributed by atoms with Crippen LogP contribution < -0.4 is 5.32 Å². The second kappa shape index (κ2) is 13.7. The fourth-order valence-corrected chi connectivity index (χ4v) is 0.695. The van der Waals surface area contributed by atoms with Crippen molar-refractivity contribution in [2.24, 2.45) is 0 Å². The molecule has 0 spiro atoms. The van der Waals surface area contributed by atoms with Gasteiger partial charge in [-0.25, -0.2) is 0 Å². The highest BCUT2D eigenvalue weighted by Gasteiger charge is 1.92. The van der Waals surface area contributed by atoms with E-state index < -0.39 is 5.97 Å². The average molecular weight is 187 g/mol. The standard InChI is InChI=1S/C7H15NO2.C3H6/c1-2-3-4-5-8-6-7(9)10;1-3-2/h8H,2-6H2,1H3,(H,9,10);3H,1H2,2H3. The minimum atomic E-state index is -0.781. The van der Waals surface area contributed by atoms with E-state index in [-0.39, 0.29) is 6.54 Å². The van der Waals surface area contributed by atoms with Crippen LogP contribution in [0.3, 0.4) is 0 Å². The van der Waals surface area contributed by atoms with E-state index in [0.717, 1.165) is 13.0 Å². The van der Waals surface area contributed by atoms with Crippen LogP contribution in [0.15, 0.2) is 12.7 Å². The van der Waals surface area contributed by atoms with E-state index in [9.17, 15) is 4.79 Å². The maximum atomic E-state index is 9.97. The van der Waals surface area contributed by atoms with E-state index in [1.807, 2.05) is 6.92 Å². The van der Waals surface area contributed by atoms with Gasteiger partial charge in [0.1, 0.15) is 0 Å². The van der Waals surface area contributed by atoms with E-state index in [4.69, 9.17) is 5.11 Å². The second-order valence-electron chi connectivity index (χ2n) is 2.69. The van der Waals surface area contributed by atoms with Crippen LogP contribution in [-0.2, 0) is 4.79 Å². The summed E-state index contributed by atoms with van der Waals surface area (Å²) in [7, 11) is 0. The third-order valence-electron chi connectivity index (χ3n) is 1.23. The summed E-state index contributed by atoms with van der Waals surface area (Å²) in [5, 5.41) is 11.0. The van der Waals surface area contributed by atoms with Crippen molar-refractivity contribution >= 4 is 5.97 Å². The molecule has 2 N–H and O–H groups in total. The number of hydrogen-bond donors (Lipinski definition) is 2. The van der Waals surface area contributed by atoms with Crippen LogP contribution in [0.25, 0.3) is 0 Å². The largest absolute Gasteiger partial charge is 0.480 e. The molecule has 78 valence electrons. The van der Waals surface area contributed by atoms with Crippen LogP contribution in [0.2, 0.25) is 0 Å². The molecule has 0 aromatic heterocycles. The van der Waals surface area contributed by atoms with E-state index >= 15 is 0 Å². The van der Waals surface area contributed by atoms with Crippen LogP contribution in [-0.4, -0.2) is 24.2 Å². The molecular formula is C10H21NO2. The van der Waals surface area contributed by atoms with Gasteiger partial charge in [0.05, 0.1) is 6.54 Å². The molecule has 0 saturated carbocycles. The number of nitrogens with one attached hydrogen (secondary N) is 1. The Morgan fingerprint density at radius 1 is 1.54 bits per heavy atom. The maximum absolute atomic E-state index is 9.97. The smallest absolute Gasteiger partial charge is 0.317 e. The Kier molecular flexibility index (Phi) is 15.5. The number of unbranched alkanes of at least 4 members (excludes halogenated alkanes) is 2.